The molecular weight excluding hydrogens is 258 g/mol. The molecule has 1 aromatic heterocycles. The largest absolute Gasteiger partial charge is 0.497 e. The summed E-state index contributed by atoms with van der Waals surface area (Å²) in [5.41, 5.74) is 4.52. The number of benzene rings is 1. The van der Waals surface area contributed by atoms with Crippen LogP contribution in [0, 0.1) is 0 Å². The highest BCUT2D eigenvalue weighted by atomic mass is 16.6. The Morgan fingerprint density at radius 2 is 2.15 bits per heavy atom. The number of carbonyl (C=O) groups excluding carboxylic acids is 1. The molecular formula is C14H19N3O3. The summed E-state index contributed by atoms with van der Waals surface area (Å²) in [7, 11) is 5.06. The zero-order valence-corrected chi connectivity index (χ0v) is 11.9. The molecule has 0 spiro atoms. The minimum Gasteiger partial charge on any atom is -0.497 e. The molecule has 0 aliphatic heterocycles. The number of hydrogen-bond acceptors (Lipinski definition) is 3. The van der Waals surface area contributed by atoms with Crippen molar-refractivity contribution in [1.82, 2.24) is 15.4 Å². The van der Waals surface area contributed by atoms with Crippen molar-refractivity contribution < 1.29 is 14.4 Å². The van der Waals surface area contributed by atoms with E-state index in [1.165, 1.54) is 12.7 Å². The molecule has 0 atom stereocenters. The Kier molecular flexibility index (Phi) is 4.47. The van der Waals surface area contributed by atoms with Crippen LogP contribution in [0.1, 0.15) is 5.56 Å². The minimum absolute atomic E-state index is 0.342. The topological polar surface area (TPSA) is 64.5 Å². The summed E-state index contributed by atoms with van der Waals surface area (Å²) >= 11 is 0. The number of fused-ring (bicyclic) bond motifs is 1. The molecule has 0 saturated heterocycles. The van der Waals surface area contributed by atoms with Crippen molar-refractivity contribution in [3.8, 4) is 5.75 Å². The maximum Gasteiger partial charge on any atom is 0.338 e. The van der Waals surface area contributed by atoms with Crippen molar-refractivity contribution in [3.63, 3.8) is 0 Å². The Labute approximate surface area is 117 Å². The van der Waals surface area contributed by atoms with Crippen molar-refractivity contribution in [2.75, 3.05) is 20.8 Å². The third kappa shape index (κ3) is 3.03. The first-order chi connectivity index (χ1) is 9.65. The van der Waals surface area contributed by atoms with Crippen LogP contribution < -0.4 is 15.5 Å². The Hall–Kier alpha value is -2.21. The Bertz CT molecular complexity index is 607. The fraction of sp³-hybridized carbons (Fsp3) is 0.357. The maximum absolute atomic E-state index is 11.2. The van der Waals surface area contributed by atoms with Crippen LogP contribution in [0.15, 0.2) is 24.4 Å². The average Bonchev–Trinajstić information content (AvgIpc) is 2.75. The van der Waals surface area contributed by atoms with Gasteiger partial charge in [0.05, 0.1) is 14.2 Å². The molecule has 108 valence electrons. The lowest BCUT2D eigenvalue weighted by molar-refractivity contribution is 0.107. The quantitative estimate of drug-likeness (QED) is 0.816. The van der Waals surface area contributed by atoms with Gasteiger partial charge in [0, 0.05) is 30.7 Å². The van der Waals surface area contributed by atoms with Gasteiger partial charge >= 0.3 is 6.03 Å². The summed E-state index contributed by atoms with van der Waals surface area (Å²) in [6.07, 6.45) is 2.81. The normalized spacial score (nSPS) is 10.6. The highest BCUT2D eigenvalue weighted by molar-refractivity contribution is 5.85. The van der Waals surface area contributed by atoms with Gasteiger partial charge in [0.2, 0.25) is 0 Å². The fourth-order valence-electron chi connectivity index (χ4n) is 2.22. The van der Waals surface area contributed by atoms with Crippen LogP contribution in [-0.2, 0) is 18.3 Å². The SMILES string of the molecule is CONC(=O)NCCc1cn(C)c2ccc(OC)cc12. The molecule has 0 aliphatic carbocycles. The van der Waals surface area contributed by atoms with Crippen molar-refractivity contribution in [2.24, 2.45) is 7.05 Å². The van der Waals surface area contributed by atoms with Gasteiger partial charge in [-0.25, -0.2) is 10.3 Å². The lowest BCUT2D eigenvalue weighted by Crippen LogP contribution is -2.35. The van der Waals surface area contributed by atoms with E-state index in [-0.39, 0.29) is 6.03 Å². The van der Waals surface area contributed by atoms with Gasteiger partial charge in [-0.1, -0.05) is 0 Å². The predicted octanol–water partition coefficient (Wildman–Crippen LogP) is 1.59. The van der Waals surface area contributed by atoms with Crippen LogP contribution in [0.3, 0.4) is 0 Å². The second kappa shape index (κ2) is 6.29. The molecule has 0 aliphatic rings. The van der Waals surface area contributed by atoms with Crippen LogP contribution in [0.2, 0.25) is 0 Å². The second-order valence-corrected chi connectivity index (χ2v) is 4.46. The number of amides is 2. The lowest BCUT2D eigenvalue weighted by Gasteiger charge is -2.05. The number of methoxy groups -OCH3 is 1. The molecule has 2 N–H and O–H groups in total. The molecule has 0 unspecified atom stereocenters. The molecule has 2 aromatic rings. The molecule has 6 heteroatoms. The van der Waals surface area contributed by atoms with E-state index in [4.69, 9.17) is 4.74 Å². The van der Waals surface area contributed by atoms with E-state index in [0.29, 0.717) is 6.54 Å². The van der Waals surface area contributed by atoms with E-state index in [9.17, 15) is 4.79 Å². The van der Waals surface area contributed by atoms with Crippen LogP contribution in [0.25, 0.3) is 10.9 Å². The van der Waals surface area contributed by atoms with E-state index >= 15 is 0 Å². The van der Waals surface area contributed by atoms with Gasteiger partial charge in [0.1, 0.15) is 5.75 Å². The van der Waals surface area contributed by atoms with Crippen molar-refractivity contribution in [2.45, 2.75) is 6.42 Å². The first kappa shape index (κ1) is 14.2. The van der Waals surface area contributed by atoms with Crippen molar-refractivity contribution in [1.29, 1.82) is 0 Å². The number of hydroxylamine groups is 1. The van der Waals surface area contributed by atoms with Gasteiger partial charge in [-0.05, 0) is 30.2 Å². The molecule has 1 aromatic carbocycles. The van der Waals surface area contributed by atoms with Crippen LogP contribution in [0.5, 0.6) is 5.75 Å². The number of carbonyl (C=O) groups is 1. The van der Waals surface area contributed by atoms with E-state index in [1.807, 2.05) is 25.2 Å². The van der Waals surface area contributed by atoms with Crippen molar-refractivity contribution in [3.05, 3.63) is 30.0 Å². The average molecular weight is 277 g/mol. The van der Waals surface area contributed by atoms with E-state index in [1.54, 1.807) is 7.11 Å². The van der Waals surface area contributed by atoms with Crippen LogP contribution >= 0.6 is 0 Å². The molecule has 1 heterocycles. The number of aromatic nitrogens is 1. The summed E-state index contributed by atoms with van der Waals surface area (Å²) in [4.78, 5) is 15.8. The van der Waals surface area contributed by atoms with Gasteiger partial charge in [-0.2, -0.15) is 0 Å². The summed E-state index contributed by atoms with van der Waals surface area (Å²) in [6.45, 7) is 0.533. The number of nitrogens with one attached hydrogen (secondary N) is 2. The number of nitrogens with zero attached hydrogens (tertiary/aromatic N) is 1. The maximum atomic E-state index is 11.2. The molecule has 0 fully saturated rings. The van der Waals surface area contributed by atoms with E-state index in [2.05, 4.69) is 26.4 Å². The highest BCUT2D eigenvalue weighted by Gasteiger charge is 2.08. The van der Waals surface area contributed by atoms with Gasteiger partial charge in [0.25, 0.3) is 0 Å². The Balaban J connectivity index is 2.11. The molecule has 6 nitrogen and oxygen atoms in total. The molecule has 2 amide bonds. The molecule has 2 rings (SSSR count). The minimum atomic E-state index is -0.342. The third-order valence-corrected chi connectivity index (χ3v) is 3.15. The monoisotopic (exact) mass is 277 g/mol. The van der Waals surface area contributed by atoms with Crippen LogP contribution in [-0.4, -0.2) is 31.4 Å². The first-order valence-corrected chi connectivity index (χ1v) is 6.34. The fourth-order valence-corrected chi connectivity index (χ4v) is 2.22. The van der Waals surface area contributed by atoms with Gasteiger partial charge in [0.15, 0.2) is 0 Å². The molecule has 0 radical (unpaired) electrons. The Morgan fingerprint density at radius 1 is 1.35 bits per heavy atom. The van der Waals surface area contributed by atoms with Gasteiger partial charge in [-0.15, -0.1) is 0 Å². The number of aryl methyl sites for hydroxylation is 1. The first-order valence-electron chi connectivity index (χ1n) is 6.34. The Morgan fingerprint density at radius 3 is 2.85 bits per heavy atom. The van der Waals surface area contributed by atoms with E-state index in [0.717, 1.165) is 23.1 Å². The summed E-state index contributed by atoms with van der Waals surface area (Å²) in [5.74, 6) is 0.829. The molecule has 20 heavy (non-hydrogen) atoms. The summed E-state index contributed by atoms with van der Waals surface area (Å²) in [5, 5.41) is 3.86. The molecule has 0 bridgehead atoms. The highest BCUT2D eigenvalue weighted by Crippen LogP contribution is 2.25. The zero-order valence-electron chi connectivity index (χ0n) is 11.9. The lowest BCUT2D eigenvalue weighted by atomic mass is 10.1. The van der Waals surface area contributed by atoms with E-state index < -0.39 is 0 Å². The molecule has 0 saturated carbocycles. The number of rotatable bonds is 5. The standard InChI is InChI=1S/C14H19N3O3/c1-17-9-10(6-7-15-14(18)16-20-3)12-8-11(19-2)4-5-13(12)17/h4-5,8-9H,6-7H2,1-3H3,(H2,15,16,18). The zero-order chi connectivity index (χ0) is 14.5. The van der Waals surface area contributed by atoms with Crippen molar-refractivity contribution >= 4 is 16.9 Å². The second-order valence-electron chi connectivity index (χ2n) is 4.46. The number of ether oxygens (including phenoxy) is 1. The van der Waals surface area contributed by atoms with Gasteiger partial charge in [-0.3, -0.25) is 4.84 Å². The predicted molar refractivity (Wildman–Crippen MR) is 76.7 cm³/mol. The smallest absolute Gasteiger partial charge is 0.338 e. The third-order valence-electron chi connectivity index (χ3n) is 3.15. The van der Waals surface area contributed by atoms with Gasteiger partial charge < -0.3 is 14.6 Å². The van der Waals surface area contributed by atoms with Crippen LogP contribution in [0.4, 0.5) is 4.79 Å². The number of hydrogen-bond donors (Lipinski definition) is 2. The summed E-state index contributed by atoms with van der Waals surface area (Å²) in [6, 6.07) is 5.64. The summed E-state index contributed by atoms with van der Waals surface area (Å²) < 4.78 is 7.32. The number of urea groups is 1.